The number of carbonyl (C=O) groups excluding carboxylic acids is 2. The first-order chi connectivity index (χ1) is 16.6. The smallest absolute Gasteiger partial charge is 0.410 e. The topological polar surface area (TPSA) is 76.5 Å². The third-order valence-corrected chi connectivity index (χ3v) is 5.95. The Morgan fingerprint density at radius 3 is 2.49 bits per heavy atom. The predicted molar refractivity (Wildman–Crippen MR) is 133 cm³/mol. The van der Waals surface area contributed by atoms with Gasteiger partial charge in [0.05, 0.1) is 23.1 Å². The van der Waals surface area contributed by atoms with E-state index in [1.807, 2.05) is 20.8 Å². The highest BCUT2D eigenvalue weighted by molar-refractivity contribution is 6.31. The number of nitrogens with zero attached hydrogens (tertiary/aromatic N) is 3. The molecule has 2 amide bonds. The number of ether oxygens (including phenoxy) is 1. The Bertz CT molecular complexity index is 1230. The van der Waals surface area contributed by atoms with E-state index in [2.05, 4.69) is 10.4 Å². The van der Waals surface area contributed by atoms with E-state index in [9.17, 15) is 14.0 Å². The lowest BCUT2D eigenvalue weighted by Crippen LogP contribution is -2.41. The van der Waals surface area contributed by atoms with Gasteiger partial charge in [0.25, 0.3) is 5.91 Å². The van der Waals surface area contributed by atoms with E-state index in [1.165, 1.54) is 18.3 Å². The number of halogens is 2. The van der Waals surface area contributed by atoms with Gasteiger partial charge in [0.2, 0.25) is 0 Å². The van der Waals surface area contributed by atoms with Crippen LogP contribution in [0.3, 0.4) is 0 Å². The highest BCUT2D eigenvalue weighted by atomic mass is 35.5. The Morgan fingerprint density at radius 1 is 1.11 bits per heavy atom. The minimum Gasteiger partial charge on any atom is -0.444 e. The van der Waals surface area contributed by atoms with Crippen LogP contribution < -0.4 is 5.32 Å². The summed E-state index contributed by atoms with van der Waals surface area (Å²) in [5.41, 5.74) is 1.59. The van der Waals surface area contributed by atoms with Crippen molar-refractivity contribution in [3.05, 3.63) is 76.8 Å². The van der Waals surface area contributed by atoms with E-state index in [1.54, 1.807) is 46.0 Å². The molecule has 1 fully saturated rings. The zero-order valence-corrected chi connectivity index (χ0v) is 20.7. The van der Waals surface area contributed by atoms with Crippen molar-refractivity contribution in [3.63, 3.8) is 0 Å². The van der Waals surface area contributed by atoms with Crippen LogP contribution in [0.15, 0.2) is 54.7 Å². The summed E-state index contributed by atoms with van der Waals surface area (Å²) in [5, 5.41) is 7.82. The maximum Gasteiger partial charge on any atom is 0.410 e. The van der Waals surface area contributed by atoms with E-state index in [4.69, 9.17) is 16.3 Å². The van der Waals surface area contributed by atoms with Crippen LogP contribution >= 0.6 is 11.6 Å². The minimum atomic E-state index is -0.574. The molecule has 35 heavy (non-hydrogen) atoms. The molecule has 0 unspecified atom stereocenters. The Kier molecular flexibility index (Phi) is 7.12. The molecule has 184 valence electrons. The highest BCUT2D eigenvalue weighted by Crippen LogP contribution is 2.33. The number of nitrogens with one attached hydrogen (secondary N) is 1. The summed E-state index contributed by atoms with van der Waals surface area (Å²) >= 11 is 6.06. The summed E-state index contributed by atoms with van der Waals surface area (Å²) < 4.78 is 21.1. The molecule has 0 spiro atoms. The molecule has 1 N–H and O–H groups in total. The monoisotopic (exact) mass is 498 g/mol. The molecule has 1 aliphatic rings. The van der Waals surface area contributed by atoms with Crippen LogP contribution in [0.5, 0.6) is 0 Å². The second-order valence-electron chi connectivity index (χ2n) is 9.54. The molecule has 0 radical (unpaired) electrons. The number of carbonyl (C=O) groups is 2. The molecule has 0 atom stereocenters. The molecule has 0 aliphatic carbocycles. The molecule has 1 saturated heterocycles. The number of likely N-dealkylation sites (tertiary alicyclic amines) is 1. The molecule has 0 saturated carbocycles. The van der Waals surface area contributed by atoms with Gasteiger partial charge in [-0.1, -0.05) is 23.7 Å². The fraction of sp³-hybridized carbons (Fsp3) is 0.346. The molecular formula is C26H28ClFN4O3. The number of hydrogen-bond donors (Lipinski definition) is 1. The molecule has 3 aromatic rings. The van der Waals surface area contributed by atoms with Gasteiger partial charge in [0.1, 0.15) is 11.4 Å². The molecular weight excluding hydrogens is 471 g/mol. The van der Waals surface area contributed by atoms with Gasteiger partial charge in [-0.25, -0.2) is 13.9 Å². The van der Waals surface area contributed by atoms with Gasteiger partial charge in [-0.2, -0.15) is 5.10 Å². The van der Waals surface area contributed by atoms with Crippen LogP contribution in [0.4, 0.5) is 14.9 Å². The maximum atomic E-state index is 14.0. The van der Waals surface area contributed by atoms with E-state index >= 15 is 0 Å². The average molecular weight is 499 g/mol. The standard InChI is InChI=1S/C26H28ClFN4O3/c1-26(2,3)35-25(34)31-12-10-17(11-13-31)23-22(24(33)30-20-8-4-6-18(27)14-20)16-29-32(23)21-9-5-7-19(28)15-21/h4-9,14-17H,10-13H2,1-3H3,(H,30,33). The molecule has 1 aromatic heterocycles. The third kappa shape index (κ3) is 6.00. The first-order valence-corrected chi connectivity index (χ1v) is 11.9. The predicted octanol–water partition coefficient (Wildman–Crippen LogP) is 6.03. The number of aromatic nitrogens is 2. The first-order valence-electron chi connectivity index (χ1n) is 11.5. The molecule has 0 bridgehead atoms. The molecule has 4 rings (SSSR count). The molecule has 2 heterocycles. The van der Waals surface area contributed by atoms with Crippen LogP contribution in [0.2, 0.25) is 5.02 Å². The van der Waals surface area contributed by atoms with Crippen LogP contribution in [0.25, 0.3) is 5.69 Å². The Labute approximate surface area is 208 Å². The van der Waals surface area contributed by atoms with Crippen LogP contribution in [-0.4, -0.2) is 45.4 Å². The summed E-state index contributed by atoms with van der Waals surface area (Å²) in [4.78, 5) is 27.4. The van der Waals surface area contributed by atoms with Crippen LogP contribution in [-0.2, 0) is 4.74 Å². The summed E-state index contributed by atoms with van der Waals surface area (Å²) in [6.07, 6.45) is 2.36. The van der Waals surface area contributed by atoms with Crippen molar-refractivity contribution in [2.24, 2.45) is 0 Å². The Balaban J connectivity index is 1.62. The lowest BCUT2D eigenvalue weighted by atomic mass is 9.90. The lowest BCUT2D eigenvalue weighted by molar-refractivity contribution is 0.0203. The van der Waals surface area contributed by atoms with Crippen LogP contribution in [0.1, 0.15) is 55.6 Å². The summed E-state index contributed by atoms with van der Waals surface area (Å²) in [7, 11) is 0. The van der Waals surface area contributed by atoms with E-state index < -0.39 is 11.4 Å². The number of rotatable bonds is 4. The van der Waals surface area contributed by atoms with Crippen molar-refractivity contribution in [3.8, 4) is 5.69 Å². The van der Waals surface area contributed by atoms with Crippen molar-refractivity contribution >= 4 is 29.3 Å². The van der Waals surface area contributed by atoms with Crippen molar-refractivity contribution in [2.45, 2.75) is 45.1 Å². The minimum absolute atomic E-state index is 0.0698. The van der Waals surface area contributed by atoms with Gasteiger partial charge in [-0.05, 0) is 70.0 Å². The fourth-order valence-corrected chi connectivity index (χ4v) is 4.36. The van der Waals surface area contributed by atoms with E-state index in [-0.39, 0.29) is 17.9 Å². The summed E-state index contributed by atoms with van der Waals surface area (Å²) in [5.74, 6) is -0.798. The van der Waals surface area contributed by atoms with Crippen molar-refractivity contribution in [1.29, 1.82) is 0 Å². The lowest BCUT2D eigenvalue weighted by Gasteiger charge is -2.34. The van der Waals surface area contributed by atoms with E-state index in [0.717, 1.165) is 0 Å². The van der Waals surface area contributed by atoms with Gasteiger partial charge >= 0.3 is 6.09 Å². The molecule has 9 heteroatoms. The van der Waals surface area contributed by atoms with Gasteiger partial charge in [0.15, 0.2) is 0 Å². The number of piperidine rings is 1. The first kappa shape index (κ1) is 24.7. The largest absolute Gasteiger partial charge is 0.444 e. The zero-order valence-electron chi connectivity index (χ0n) is 19.9. The van der Waals surface area contributed by atoms with Gasteiger partial charge in [-0.15, -0.1) is 0 Å². The fourth-order valence-electron chi connectivity index (χ4n) is 4.17. The number of anilines is 1. The SMILES string of the molecule is CC(C)(C)OC(=O)N1CCC(c2c(C(=O)Nc3cccc(Cl)c3)cnn2-c2cccc(F)c2)CC1. The molecule has 2 aromatic carbocycles. The van der Waals surface area contributed by atoms with Crippen molar-refractivity contribution in [1.82, 2.24) is 14.7 Å². The number of hydrogen-bond acceptors (Lipinski definition) is 4. The second kappa shape index (κ2) is 10.1. The second-order valence-corrected chi connectivity index (χ2v) is 9.98. The Hall–Kier alpha value is -3.39. The van der Waals surface area contributed by atoms with Gasteiger partial charge in [-0.3, -0.25) is 4.79 Å². The molecule has 7 nitrogen and oxygen atoms in total. The van der Waals surface area contributed by atoms with Gasteiger partial charge in [0, 0.05) is 29.7 Å². The van der Waals surface area contributed by atoms with Crippen LogP contribution in [0, 0.1) is 5.82 Å². The van der Waals surface area contributed by atoms with Crippen molar-refractivity contribution in [2.75, 3.05) is 18.4 Å². The van der Waals surface area contributed by atoms with Gasteiger partial charge < -0.3 is 15.0 Å². The quantitative estimate of drug-likeness (QED) is 0.476. The van der Waals surface area contributed by atoms with Crippen molar-refractivity contribution < 1.29 is 18.7 Å². The number of amides is 2. The maximum absolute atomic E-state index is 14.0. The Morgan fingerprint density at radius 2 is 1.83 bits per heavy atom. The zero-order chi connectivity index (χ0) is 25.2. The normalized spacial score (nSPS) is 14.6. The molecule has 1 aliphatic heterocycles. The summed E-state index contributed by atoms with van der Waals surface area (Å²) in [6.45, 7) is 6.45. The average Bonchev–Trinajstić information content (AvgIpc) is 3.23. The highest BCUT2D eigenvalue weighted by Gasteiger charge is 2.32. The third-order valence-electron chi connectivity index (χ3n) is 5.72. The summed E-state index contributed by atoms with van der Waals surface area (Å²) in [6, 6.07) is 13.0. The number of benzene rings is 2. The van der Waals surface area contributed by atoms with E-state index in [0.29, 0.717) is 53.6 Å².